The molecule has 0 bridgehead atoms. The Morgan fingerprint density at radius 1 is 1.24 bits per heavy atom. The van der Waals surface area contributed by atoms with Gasteiger partial charge in [-0.15, -0.1) is 10.2 Å². The van der Waals surface area contributed by atoms with Gasteiger partial charge in [-0.2, -0.15) is 15.0 Å². The molecular formula is C14H15BrN8S2. The summed E-state index contributed by atoms with van der Waals surface area (Å²) in [5.74, 6) is 1.90. The highest BCUT2D eigenvalue weighted by Crippen LogP contribution is 2.30. The van der Waals surface area contributed by atoms with Crippen molar-refractivity contribution in [1.82, 2.24) is 25.1 Å². The molecule has 0 aliphatic carbocycles. The standard InChI is InChI=1S/C14H15BrN8S2/c1-23(2)12-19-10(18-11(16)20-12)7-24-14-22-21-13(25-14)17-9-5-3-4-8(15)6-9/h3-6H,7H2,1-2H3,(H,17,21)(H2,16,18,19,20). The molecule has 8 nitrogen and oxygen atoms in total. The molecular weight excluding hydrogens is 424 g/mol. The molecule has 0 aliphatic rings. The molecule has 3 rings (SSSR count). The normalized spacial score (nSPS) is 10.7. The van der Waals surface area contributed by atoms with Crippen molar-refractivity contribution in [3.8, 4) is 0 Å². The number of nitrogens with one attached hydrogen (secondary N) is 1. The largest absolute Gasteiger partial charge is 0.368 e. The van der Waals surface area contributed by atoms with Crippen molar-refractivity contribution < 1.29 is 0 Å². The molecule has 3 N–H and O–H groups in total. The molecule has 2 heterocycles. The maximum absolute atomic E-state index is 5.73. The zero-order valence-electron chi connectivity index (χ0n) is 13.5. The molecule has 0 radical (unpaired) electrons. The molecule has 130 valence electrons. The monoisotopic (exact) mass is 438 g/mol. The van der Waals surface area contributed by atoms with Crippen molar-refractivity contribution in [2.75, 3.05) is 30.0 Å². The van der Waals surface area contributed by atoms with Gasteiger partial charge in [0.15, 0.2) is 4.34 Å². The Morgan fingerprint density at radius 3 is 2.84 bits per heavy atom. The summed E-state index contributed by atoms with van der Waals surface area (Å²) >= 11 is 6.42. The van der Waals surface area contributed by atoms with Crippen LogP contribution in [0, 0.1) is 0 Å². The lowest BCUT2D eigenvalue weighted by atomic mass is 10.3. The van der Waals surface area contributed by atoms with Crippen molar-refractivity contribution in [2.24, 2.45) is 0 Å². The van der Waals surface area contributed by atoms with Crippen LogP contribution in [0.5, 0.6) is 0 Å². The summed E-state index contributed by atoms with van der Waals surface area (Å²) in [4.78, 5) is 14.4. The number of hydrogen-bond acceptors (Lipinski definition) is 10. The molecule has 0 amide bonds. The minimum atomic E-state index is 0.212. The van der Waals surface area contributed by atoms with Crippen molar-refractivity contribution in [2.45, 2.75) is 10.1 Å². The number of hydrogen-bond donors (Lipinski definition) is 2. The maximum atomic E-state index is 5.73. The van der Waals surface area contributed by atoms with Gasteiger partial charge in [-0.05, 0) is 18.2 Å². The first-order valence-electron chi connectivity index (χ1n) is 7.16. The molecule has 2 aromatic heterocycles. The van der Waals surface area contributed by atoms with E-state index in [9.17, 15) is 0 Å². The number of thioether (sulfide) groups is 1. The summed E-state index contributed by atoms with van der Waals surface area (Å²) in [5, 5.41) is 12.3. The molecule has 0 atom stereocenters. The highest BCUT2D eigenvalue weighted by molar-refractivity contribution is 9.10. The Kier molecular flexibility index (Phi) is 5.66. The fraction of sp³-hybridized carbons (Fsp3) is 0.214. The van der Waals surface area contributed by atoms with Crippen LogP contribution >= 0.6 is 39.0 Å². The molecule has 0 unspecified atom stereocenters. The number of aromatic nitrogens is 5. The molecule has 25 heavy (non-hydrogen) atoms. The number of nitrogens with two attached hydrogens (primary N) is 1. The van der Waals surface area contributed by atoms with Crippen LogP contribution in [0.25, 0.3) is 0 Å². The summed E-state index contributed by atoms with van der Waals surface area (Å²) in [5.41, 5.74) is 6.68. The number of halogens is 1. The third-order valence-corrected chi connectivity index (χ3v) is 5.36. The highest BCUT2D eigenvalue weighted by atomic mass is 79.9. The van der Waals surface area contributed by atoms with Crippen molar-refractivity contribution in [3.05, 3.63) is 34.6 Å². The molecule has 3 aromatic rings. The van der Waals surface area contributed by atoms with E-state index in [0.29, 0.717) is 17.5 Å². The van der Waals surface area contributed by atoms with Gasteiger partial charge in [-0.1, -0.05) is 45.1 Å². The van der Waals surface area contributed by atoms with E-state index in [1.165, 1.54) is 23.1 Å². The Hall–Kier alpha value is -1.98. The van der Waals surface area contributed by atoms with E-state index in [4.69, 9.17) is 5.73 Å². The first kappa shape index (κ1) is 17.8. The predicted molar refractivity (Wildman–Crippen MR) is 105 cm³/mol. The van der Waals surface area contributed by atoms with Crippen LogP contribution in [0.1, 0.15) is 5.82 Å². The fourth-order valence-electron chi connectivity index (χ4n) is 1.82. The summed E-state index contributed by atoms with van der Waals surface area (Å²) in [6.45, 7) is 0. The quantitative estimate of drug-likeness (QED) is 0.560. The van der Waals surface area contributed by atoms with E-state index < -0.39 is 0 Å². The average Bonchev–Trinajstić information content (AvgIpc) is 3.00. The fourth-order valence-corrected chi connectivity index (χ4v) is 3.85. The highest BCUT2D eigenvalue weighted by Gasteiger charge is 2.10. The second-order valence-corrected chi connectivity index (χ2v) is 8.22. The number of anilines is 4. The Labute approximate surface area is 161 Å². The third kappa shape index (κ3) is 5.00. The van der Waals surface area contributed by atoms with Gasteiger partial charge in [-0.3, -0.25) is 0 Å². The number of benzene rings is 1. The summed E-state index contributed by atoms with van der Waals surface area (Å²) in [7, 11) is 3.71. The van der Waals surface area contributed by atoms with Crippen molar-refractivity contribution in [1.29, 1.82) is 0 Å². The first-order chi connectivity index (χ1) is 12.0. The van der Waals surface area contributed by atoms with Crippen molar-refractivity contribution in [3.63, 3.8) is 0 Å². The molecule has 11 heteroatoms. The Balaban J connectivity index is 1.64. The topological polar surface area (TPSA) is 106 Å². The third-order valence-electron chi connectivity index (χ3n) is 2.89. The predicted octanol–water partition coefficient (Wildman–Crippen LogP) is 3.17. The minimum Gasteiger partial charge on any atom is -0.368 e. The zero-order chi connectivity index (χ0) is 17.8. The second kappa shape index (κ2) is 7.93. The minimum absolute atomic E-state index is 0.212. The lowest BCUT2D eigenvalue weighted by Crippen LogP contribution is -2.15. The number of nitrogen functional groups attached to an aromatic ring is 1. The van der Waals surface area contributed by atoms with E-state index in [1.54, 1.807) is 4.90 Å². The van der Waals surface area contributed by atoms with Crippen LogP contribution in [-0.2, 0) is 5.75 Å². The van der Waals surface area contributed by atoms with Gasteiger partial charge in [-0.25, -0.2) is 0 Å². The molecule has 0 aliphatic heterocycles. The first-order valence-corrected chi connectivity index (χ1v) is 9.76. The lowest BCUT2D eigenvalue weighted by Gasteiger charge is -2.10. The second-order valence-electron chi connectivity index (χ2n) is 5.10. The molecule has 0 saturated carbocycles. The summed E-state index contributed by atoms with van der Waals surface area (Å²) in [6, 6.07) is 7.87. The van der Waals surface area contributed by atoms with Gasteiger partial charge in [0, 0.05) is 24.3 Å². The van der Waals surface area contributed by atoms with Gasteiger partial charge < -0.3 is 16.0 Å². The Morgan fingerprint density at radius 2 is 2.08 bits per heavy atom. The summed E-state index contributed by atoms with van der Waals surface area (Å²) < 4.78 is 1.82. The van der Waals surface area contributed by atoms with Gasteiger partial charge in [0.2, 0.25) is 17.0 Å². The molecule has 0 spiro atoms. The van der Waals surface area contributed by atoms with Crippen LogP contribution in [0.2, 0.25) is 0 Å². The van der Waals surface area contributed by atoms with Crippen LogP contribution < -0.4 is 16.0 Å². The number of nitrogens with zero attached hydrogens (tertiary/aromatic N) is 6. The van der Waals surface area contributed by atoms with Gasteiger partial charge in [0.1, 0.15) is 5.82 Å². The van der Waals surface area contributed by atoms with E-state index in [1.807, 2.05) is 38.4 Å². The van der Waals surface area contributed by atoms with Gasteiger partial charge in [0.05, 0.1) is 5.75 Å². The zero-order valence-corrected chi connectivity index (χ0v) is 16.7. The van der Waals surface area contributed by atoms with Crippen LogP contribution in [0.15, 0.2) is 33.1 Å². The SMILES string of the molecule is CN(C)c1nc(N)nc(CSc2nnc(Nc3cccc(Br)c3)s2)n1. The van der Waals surface area contributed by atoms with Crippen LogP contribution in [-0.4, -0.2) is 39.2 Å². The molecule has 1 aromatic carbocycles. The van der Waals surface area contributed by atoms with Gasteiger partial charge >= 0.3 is 0 Å². The van der Waals surface area contributed by atoms with E-state index >= 15 is 0 Å². The van der Waals surface area contributed by atoms with E-state index in [-0.39, 0.29) is 5.95 Å². The lowest BCUT2D eigenvalue weighted by molar-refractivity contribution is 0.918. The van der Waals surface area contributed by atoms with Crippen molar-refractivity contribution >= 4 is 61.7 Å². The maximum Gasteiger partial charge on any atom is 0.229 e. The molecule has 0 saturated heterocycles. The van der Waals surface area contributed by atoms with E-state index in [2.05, 4.69) is 46.4 Å². The average molecular weight is 439 g/mol. The van der Waals surface area contributed by atoms with Gasteiger partial charge in [0.25, 0.3) is 0 Å². The Bertz CT molecular complexity index is 870. The number of rotatable bonds is 6. The smallest absolute Gasteiger partial charge is 0.229 e. The summed E-state index contributed by atoms with van der Waals surface area (Å²) in [6.07, 6.45) is 0. The van der Waals surface area contributed by atoms with Crippen LogP contribution in [0.4, 0.5) is 22.7 Å². The molecule has 0 fully saturated rings. The van der Waals surface area contributed by atoms with Crippen LogP contribution in [0.3, 0.4) is 0 Å². The van der Waals surface area contributed by atoms with E-state index in [0.717, 1.165) is 19.6 Å².